The number of hydrogen-bond acceptors (Lipinski definition) is 12. The van der Waals surface area contributed by atoms with E-state index in [0.29, 0.717) is 6.42 Å². The smallest absolute Gasteiger partial charge is 0.328 e. The molecule has 18 nitrogen and oxygen atoms in total. The molecule has 35 heavy (non-hydrogen) atoms. The van der Waals surface area contributed by atoms with Gasteiger partial charge in [0.15, 0.2) is 6.10 Å². The second kappa shape index (κ2) is 17.3. The largest absolute Gasteiger partial charge is 0.481 e. The standard InChI is InChI=1S/C17H27N5O13/c1-11(23)15(26)20-13(5-2-3-7-18-17(28)19-8-4-6-14(24)25)16(27)33-9-12(35-22(31)32)10-34-21(29)30/h12-13H,2-10H2,1H3,(H,20,26)(H,24,25)(H2,18,19,28)/t12-,13+/m1/s1. The Labute approximate surface area is 197 Å². The number of esters is 1. The highest BCUT2D eigenvalue weighted by Gasteiger charge is 2.26. The summed E-state index contributed by atoms with van der Waals surface area (Å²) in [4.78, 5) is 86.0. The molecule has 18 heteroatoms. The number of nitrogens with zero attached hydrogens (tertiary/aromatic N) is 2. The molecule has 0 saturated heterocycles. The highest BCUT2D eigenvalue weighted by Crippen LogP contribution is 2.05. The van der Waals surface area contributed by atoms with Crippen LogP contribution in [0, 0.1) is 20.2 Å². The molecule has 0 aliphatic rings. The normalized spacial score (nSPS) is 11.8. The van der Waals surface area contributed by atoms with E-state index in [0.717, 1.165) is 6.92 Å². The predicted molar refractivity (Wildman–Crippen MR) is 111 cm³/mol. The van der Waals surface area contributed by atoms with Crippen molar-refractivity contribution in [1.82, 2.24) is 16.0 Å². The third kappa shape index (κ3) is 17.0. The van der Waals surface area contributed by atoms with Gasteiger partial charge in [0.05, 0.1) is 0 Å². The van der Waals surface area contributed by atoms with Gasteiger partial charge in [-0.15, -0.1) is 20.2 Å². The minimum atomic E-state index is -1.62. The lowest BCUT2D eigenvalue weighted by atomic mass is 10.1. The Hall–Kier alpha value is -4.25. The molecule has 0 saturated carbocycles. The van der Waals surface area contributed by atoms with Crippen LogP contribution in [0.5, 0.6) is 0 Å². The molecule has 2 atom stereocenters. The van der Waals surface area contributed by atoms with E-state index < -0.39 is 65.2 Å². The van der Waals surface area contributed by atoms with Gasteiger partial charge in [0.1, 0.15) is 19.3 Å². The van der Waals surface area contributed by atoms with Gasteiger partial charge in [0.2, 0.25) is 5.78 Å². The highest BCUT2D eigenvalue weighted by atomic mass is 17.0. The van der Waals surface area contributed by atoms with Gasteiger partial charge in [-0.25, -0.2) is 9.59 Å². The number of carboxylic acids is 1. The number of carbonyl (C=O) groups is 5. The average Bonchev–Trinajstić information content (AvgIpc) is 2.76. The number of amides is 3. The molecule has 0 aliphatic heterocycles. The molecule has 3 amide bonds. The van der Waals surface area contributed by atoms with Crippen LogP contribution in [-0.4, -0.2) is 83.4 Å². The summed E-state index contributed by atoms with van der Waals surface area (Å²) < 4.78 is 4.83. The summed E-state index contributed by atoms with van der Waals surface area (Å²) in [7, 11) is 0. The Balaban J connectivity index is 4.64. The topological polar surface area (TPSA) is 256 Å². The van der Waals surface area contributed by atoms with E-state index in [4.69, 9.17) is 9.84 Å². The first-order valence-corrected chi connectivity index (χ1v) is 10.2. The third-order valence-corrected chi connectivity index (χ3v) is 3.98. The molecular formula is C17H27N5O13. The van der Waals surface area contributed by atoms with Gasteiger partial charge in [-0.3, -0.25) is 14.4 Å². The van der Waals surface area contributed by atoms with Gasteiger partial charge in [-0.2, -0.15) is 0 Å². The van der Waals surface area contributed by atoms with E-state index in [-0.39, 0.29) is 38.8 Å². The van der Waals surface area contributed by atoms with Gasteiger partial charge in [-0.05, 0) is 25.7 Å². The van der Waals surface area contributed by atoms with Gasteiger partial charge in [0.25, 0.3) is 16.1 Å². The Kier molecular flexibility index (Phi) is 15.2. The first-order chi connectivity index (χ1) is 16.4. The minimum absolute atomic E-state index is 0.0358. The minimum Gasteiger partial charge on any atom is -0.481 e. The van der Waals surface area contributed by atoms with Crippen LogP contribution >= 0.6 is 0 Å². The Morgan fingerprint density at radius 2 is 1.57 bits per heavy atom. The quantitative estimate of drug-likeness (QED) is 0.0521. The summed E-state index contributed by atoms with van der Waals surface area (Å²) in [6.45, 7) is -0.423. The van der Waals surface area contributed by atoms with E-state index in [2.05, 4.69) is 25.6 Å². The molecule has 0 aliphatic carbocycles. The van der Waals surface area contributed by atoms with E-state index >= 15 is 0 Å². The summed E-state index contributed by atoms with van der Waals surface area (Å²) in [5, 5.41) is 33.9. The number of carboxylic acid groups (broad SMARTS) is 1. The summed E-state index contributed by atoms with van der Waals surface area (Å²) in [5.41, 5.74) is 0. The molecule has 198 valence electrons. The fraction of sp³-hybridized carbons (Fsp3) is 0.706. The van der Waals surface area contributed by atoms with E-state index in [1.807, 2.05) is 0 Å². The molecule has 0 fully saturated rings. The van der Waals surface area contributed by atoms with Crippen LogP contribution in [0.4, 0.5) is 4.79 Å². The number of urea groups is 1. The lowest BCUT2D eigenvalue weighted by molar-refractivity contribution is -0.790. The maximum Gasteiger partial charge on any atom is 0.328 e. The van der Waals surface area contributed by atoms with Gasteiger partial charge >= 0.3 is 18.0 Å². The number of Topliss-reactive ketones (excluding diaryl/α,β-unsaturated/α-hetero) is 1. The van der Waals surface area contributed by atoms with Crippen LogP contribution in [0.15, 0.2) is 0 Å². The van der Waals surface area contributed by atoms with E-state index in [1.54, 1.807) is 0 Å². The van der Waals surface area contributed by atoms with Crippen molar-refractivity contribution in [3.63, 3.8) is 0 Å². The van der Waals surface area contributed by atoms with Crippen LogP contribution < -0.4 is 16.0 Å². The third-order valence-electron chi connectivity index (χ3n) is 3.98. The summed E-state index contributed by atoms with van der Waals surface area (Å²) in [5.74, 6) is -4.04. The van der Waals surface area contributed by atoms with Crippen molar-refractivity contribution in [2.24, 2.45) is 0 Å². The molecule has 0 aromatic heterocycles. The molecule has 0 bridgehead atoms. The molecule has 4 N–H and O–H groups in total. The first kappa shape index (κ1) is 30.8. The molecule has 0 spiro atoms. The van der Waals surface area contributed by atoms with Crippen LogP contribution in [-0.2, 0) is 33.6 Å². The molecule has 0 heterocycles. The zero-order valence-electron chi connectivity index (χ0n) is 18.8. The first-order valence-electron chi connectivity index (χ1n) is 10.2. The highest BCUT2D eigenvalue weighted by molar-refractivity contribution is 6.35. The van der Waals surface area contributed by atoms with Gasteiger partial charge < -0.3 is 35.5 Å². The summed E-state index contributed by atoms with van der Waals surface area (Å²) in [6, 6.07) is -1.85. The monoisotopic (exact) mass is 509 g/mol. The number of hydrogen-bond donors (Lipinski definition) is 4. The van der Waals surface area contributed by atoms with Crippen molar-refractivity contribution in [3.05, 3.63) is 20.2 Å². The average molecular weight is 509 g/mol. The second-order valence-electron chi connectivity index (χ2n) is 6.86. The maximum atomic E-state index is 12.3. The Morgan fingerprint density at radius 1 is 0.943 bits per heavy atom. The molecule has 0 radical (unpaired) electrons. The van der Waals surface area contributed by atoms with Crippen molar-refractivity contribution in [1.29, 1.82) is 0 Å². The van der Waals surface area contributed by atoms with Crippen molar-refractivity contribution < 1.29 is 53.7 Å². The van der Waals surface area contributed by atoms with Crippen LogP contribution in [0.3, 0.4) is 0 Å². The predicted octanol–water partition coefficient (Wildman–Crippen LogP) is -1.28. The Morgan fingerprint density at radius 3 is 2.11 bits per heavy atom. The lowest BCUT2D eigenvalue weighted by Crippen LogP contribution is -2.45. The number of ketones is 1. The van der Waals surface area contributed by atoms with Crippen molar-refractivity contribution in [2.75, 3.05) is 26.3 Å². The molecule has 0 unspecified atom stereocenters. The van der Waals surface area contributed by atoms with Crippen molar-refractivity contribution in [3.8, 4) is 0 Å². The molecule has 0 aromatic carbocycles. The molecule has 0 rings (SSSR count). The fourth-order valence-corrected chi connectivity index (χ4v) is 2.34. The number of nitrogens with one attached hydrogen (secondary N) is 3. The van der Waals surface area contributed by atoms with Crippen LogP contribution in [0.25, 0.3) is 0 Å². The number of unbranched alkanes of at least 4 members (excludes halogenated alkanes) is 1. The van der Waals surface area contributed by atoms with E-state index in [9.17, 15) is 44.2 Å². The lowest BCUT2D eigenvalue weighted by Gasteiger charge is -2.19. The van der Waals surface area contributed by atoms with Crippen LogP contribution in [0.2, 0.25) is 0 Å². The maximum absolute atomic E-state index is 12.3. The molecule has 0 aromatic rings. The fourth-order valence-electron chi connectivity index (χ4n) is 2.34. The van der Waals surface area contributed by atoms with E-state index in [1.165, 1.54) is 0 Å². The number of carbonyl (C=O) groups excluding carboxylic acids is 4. The zero-order chi connectivity index (χ0) is 26.8. The van der Waals surface area contributed by atoms with Crippen molar-refractivity contribution in [2.45, 2.75) is 51.2 Å². The SMILES string of the molecule is CC(=O)C(=O)N[C@@H](CCCCNC(=O)NCCCC(=O)O)C(=O)OC[C@H](CO[N+](=O)[O-])O[N+](=O)[O-]. The summed E-state index contributed by atoms with van der Waals surface area (Å²) >= 11 is 0. The van der Waals surface area contributed by atoms with Crippen LogP contribution in [0.1, 0.15) is 39.0 Å². The number of aliphatic carboxylic acids is 1. The summed E-state index contributed by atoms with van der Waals surface area (Å²) in [6.07, 6.45) is -0.893. The molecular weight excluding hydrogens is 482 g/mol. The Bertz CT molecular complexity index is 775. The number of rotatable bonds is 19. The van der Waals surface area contributed by atoms with Gasteiger partial charge in [-0.1, -0.05) is 0 Å². The zero-order valence-corrected chi connectivity index (χ0v) is 18.8. The second-order valence-corrected chi connectivity index (χ2v) is 6.86. The van der Waals surface area contributed by atoms with Crippen molar-refractivity contribution >= 4 is 29.7 Å². The number of ether oxygens (including phenoxy) is 1. The van der Waals surface area contributed by atoms with Gasteiger partial charge in [0, 0.05) is 26.4 Å².